The Morgan fingerprint density at radius 2 is 2.10 bits per heavy atom. The molecule has 3 aromatic rings. The first kappa shape index (κ1) is 20.9. The zero-order chi connectivity index (χ0) is 21.5. The van der Waals surface area contributed by atoms with Gasteiger partial charge in [0.2, 0.25) is 0 Å². The third kappa shape index (κ3) is 5.39. The lowest BCUT2D eigenvalue weighted by atomic mass is 10.1. The lowest BCUT2D eigenvalue weighted by Crippen LogP contribution is -2.20. The molecule has 0 fully saturated rings. The second kappa shape index (κ2) is 9.61. The normalized spacial score (nSPS) is 10.3. The van der Waals surface area contributed by atoms with E-state index in [1.807, 2.05) is 0 Å². The molecule has 0 aliphatic heterocycles. The first-order valence-electron chi connectivity index (χ1n) is 8.72. The van der Waals surface area contributed by atoms with Crippen molar-refractivity contribution in [2.75, 3.05) is 19.0 Å². The smallest absolute Gasteiger partial charge is 0.269 e. The summed E-state index contributed by atoms with van der Waals surface area (Å²) >= 11 is 1.27. The molecular formula is C20H17N3O6S. The van der Waals surface area contributed by atoms with Gasteiger partial charge in [0.05, 0.1) is 12.0 Å². The van der Waals surface area contributed by atoms with Gasteiger partial charge in [-0.1, -0.05) is 12.1 Å². The molecule has 10 heteroatoms. The molecule has 0 saturated carbocycles. The lowest BCUT2D eigenvalue weighted by molar-refractivity contribution is -0.384. The van der Waals surface area contributed by atoms with Gasteiger partial charge in [0, 0.05) is 35.2 Å². The van der Waals surface area contributed by atoms with Crippen molar-refractivity contribution in [1.82, 2.24) is 4.98 Å². The fraction of sp³-hybridized carbons (Fsp3) is 0.150. The van der Waals surface area contributed by atoms with Crippen molar-refractivity contribution in [2.45, 2.75) is 6.42 Å². The predicted molar refractivity (Wildman–Crippen MR) is 111 cm³/mol. The van der Waals surface area contributed by atoms with Gasteiger partial charge >= 0.3 is 0 Å². The molecule has 3 rings (SSSR count). The summed E-state index contributed by atoms with van der Waals surface area (Å²) in [4.78, 5) is 38.4. The van der Waals surface area contributed by atoms with Gasteiger partial charge in [0.1, 0.15) is 6.29 Å². The Hall–Kier alpha value is -3.79. The first-order chi connectivity index (χ1) is 14.5. The maximum absolute atomic E-state index is 12.2. The molecule has 0 saturated heterocycles. The highest BCUT2D eigenvalue weighted by Gasteiger charge is 2.12. The molecule has 154 valence electrons. The van der Waals surface area contributed by atoms with Crippen molar-refractivity contribution in [2.24, 2.45) is 0 Å². The maximum Gasteiger partial charge on any atom is 0.269 e. The number of hydrogen-bond donors (Lipinski definition) is 1. The van der Waals surface area contributed by atoms with Crippen LogP contribution in [0.1, 0.15) is 20.8 Å². The van der Waals surface area contributed by atoms with Crippen LogP contribution in [0, 0.1) is 10.1 Å². The Bertz CT molecular complexity index is 1080. The van der Waals surface area contributed by atoms with Gasteiger partial charge in [-0.15, -0.1) is 11.3 Å². The quantitative estimate of drug-likeness (QED) is 0.315. The number of aromatic nitrogens is 1. The largest absolute Gasteiger partial charge is 0.493 e. The van der Waals surface area contributed by atoms with Crippen molar-refractivity contribution in [1.29, 1.82) is 0 Å². The van der Waals surface area contributed by atoms with Gasteiger partial charge in [-0.25, -0.2) is 4.98 Å². The van der Waals surface area contributed by atoms with Crippen LogP contribution in [0.3, 0.4) is 0 Å². The zero-order valence-electron chi connectivity index (χ0n) is 15.9. The molecule has 0 atom stereocenters. The second-order valence-electron chi connectivity index (χ2n) is 6.10. The summed E-state index contributed by atoms with van der Waals surface area (Å²) in [6.07, 6.45) is 2.76. The zero-order valence-corrected chi connectivity index (χ0v) is 16.7. The number of nitro benzene ring substituents is 1. The Morgan fingerprint density at radius 1 is 1.27 bits per heavy atom. The summed E-state index contributed by atoms with van der Waals surface area (Å²) in [5.41, 5.74) is 1.24. The third-order valence-corrected chi connectivity index (χ3v) is 4.89. The van der Waals surface area contributed by atoms with Crippen LogP contribution in [0.4, 0.5) is 10.8 Å². The number of hydrogen-bond acceptors (Lipinski definition) is 8. The van der Waals surface area contributed by atoms with Gasteiger partial charge in [0.15, 0.2) is 23.2 Å². The van der Waals surface area contributed by atoms with E-state index in [1.54, 1.807) is 30.5 Å². The molecule has 0 aliphatic rings. The number of methoxy groups -OCH3 is 1. The molecule has 0 spiro atoms. The highest BCUT2D eigenvalue weighted by atomic mass is 32.1. The number of thiazole rings is 1. The van der Waals surface area contributed by atoms with Crippen LogP contribution >= 0.6 is 11.3 Å². The van der Waals surface area contributed by atoms with Gasteiger partial charge in [-0.05, 0) is 23.8 Å². The molecule has 2 aromatic carbocycles. The fourth-order valence-corrected chi connectivity index (χ4v) is 3.47. The molecule has 9 nitrogen and oxygen atoms in total. The van der Waals surface area contributed by atoms with Crippen LogP contribution in [0.5, 0.6) is 11.5 Å². The average Bonchev–Trinajstić information content (AvgIpc) is 3.18. The van der Waals surface area contributed by atoms with E-state index in [0.717, 1.165) is 10.4 Å². The Morgan fingerprint density at radius 3 is 2.83 bits per heavy atom. The number of carbonyl (C=O) groups is 2. The summed E-state index contributed by atoms with van der Waals surface area (Å²) in [7, 11) is 1.44. The van der Waals surface area contributed by atoms with Crippen molar-refractivity contribution in [3.8, 4) is 11.5 Å². The fourth-order valence-electron chi connectivity index (χ4n) is 2.60. The Balaban J connectivity index is 1.57. The number of nitrogens with one attached hydrogen (secondary N) is 1. The van der Waals surface area contributed by atoms with Crippen molar-refractivity contribution in [3.63, 3.8) is 0 Å². The predicted octanol–water partition coefficient (Wildman–Crippen LogP) is 3.48. The van der Waals surface area contributed by atoms with Crippen LogP contribution in [0.2, 0.25) is 0 Å². The van der Waals surface area contributed by atoms with Crippen molar-refractivity contribution in [3.05, 3.63) is 74.8 Å². The number of aldehydes is 1. The number of rotatable bonds is 9. The standard InChI is InChI=1S/C20H17N3O6S/c1-28-18-9-14(11-24)5-6-17(18)29-12-19(25)22-20-21-10-16(30-20)8-13-3-2-4-15(7-13)23(26)27/h2-7,9-11H,8,12H2,1H3,(H,21,22,25). The van der Waals surface area contributed by atoms with Crippen LogP contribution < -0.4 is 14.8 Å². The Labute approximate surface area is 175 Å². The first-order valence-corrected chi connectivity index (χ1v) is 9.54. The molecule has 0 unspecified atom stereocenters. The molecule has 1 amide bonds. The number of nitrogens with zero attached hydrogens (tertiary/aromatic N) is 2. The number of amides is 1. The Kier molecular flexibility index (Phi) is 6.71. The van der Waals surface area contributed by atoms with Gasteiger partial charge in [-0.2, -0.15) is 0 Å². The monoisotopic (exact) mass is 427 g/mol. The molecule has 0 aliphatic carbocycles. The number of carbonyl (C=O) groups excluding carboxylic acids is 2. The van der Waals surface area contributed by atoms with Gasteiger partial charge < -0.3 is 9.47 Å². The van der Waals surface area contributed by atoms with E-state index in [1.165, 1.54) is 36.6 Å². The summed E-state index contributed by atoms with van der Waals surface area (Å²) in [6, 6.07) is 11.0. The molecule has 1 heterocycles. The van der Waals surface area contributed by atoms with E-state index in [4.69, 9.17) is 9.47 Å². The van der Waals surface area contributed by atoms with Crippen LogP contribution in [0.25, 0.3) is 0 Å². The van der Waals surface area contributed by atoms with Crippen LogP contribution in [0.15, 0.2) is 48.7 Å². The molecule has 30 heavy (non-hydrogen) atoms. The average molecular weight is 427 g/mol. The molecule has 0 bridgehead atoms. The van der Waals surface area contributed by atoms with Crippen molar-refractivity contribution < 1.29 is 24.0 Å². The maximum atomic E-state index is 12.2. The molecule has 1 N–H and O–H groups in total. The topological polar surface area (TPSA) is 121 Å². The van der Waals surface area contributed by atoms with Crippen molar-refractivity contribution >= 4 is 34.3 Å². The minimum atomic E-state index is -0.441. The van der Waals surface area contributed by atoms with E-state index in [-0.39, 0.29) is 12.3 Å². The minimum absolute atomic E-state index is 0.0271. The number of ether oxygens (including phenoxy) is 2. The number of non-ortho nitro benzene ring substituents is 1. The number of benzene rings is 2. The summed E-state index contributed by atoms with van der Waals surface area (Å²) in [5.74, 6) is 0.275. The second-order valence-corrected chi connectivity index (χ2v) is 7.22. The summed E-state index contributed by atoms with van der Waals surface area (Å²) in [5, 5.41) is 13.9. The molecule has 1 aromatic heterocycles. The molecular weight excluding hydrogens is 410 g/mol. The number of anilines is 1. The van der Waals surface area contributed by atoms with E-state index in [2.05, 4.69) is 10.3 Å². The lowest BCUT2D eigenvalue weighted by Gasteiger charge is -2.10. The van der Waals surface area contributed by atoms with E-state index < -0.39 is 10.8 Å². The summed E-state index contributed by atoms with van der Waals surface area (Å²) in [6.45, 7) is -0.267. The third-order valence-electron chi connectivity index (χ3n) is 3.98. The van der Waals surface area contributed by atoms with E-state index in [0.29, 0.717) is 34.9 Å². The SMILES string of the molecule is COc1cc(C=O)ccc1OCC(=O)Nc1ncc(Cc2cccc([N+](=O)[O-])c2)s1. The van der Waals surface area contributed by atoms with Gasteiger partial charge in [0.25, 0.3) is 11.6 Å². The van der Waals surface area contributed by atoms with Gasteiger partial charge in [-0.3, -0.25) is 25.0 Å². The minimum Gasteiger partial charge on any atom is -0.493 e. The highest BCUT2D eigenvalue weighted by Crippen LogP contribution is 2.28. The van der Waals surface area contributed by atoms with E-state index in [9.17, 15) is 19.7 Å². The van der Waals surface area contributed by atoms with Crippen LogP contribution in [-0.4, -0.2) is 35.8 Å². The number of nitro groups is 1. The van der Waals surface area contributed by atoms with Crippen LogP contribution in [-0.2, 0) is 11.2 Å². The van der Waals surface area contributed by atoms with E-state index >= 15 is 0 Å². The highest BCUT2D eigenvalue weighted by molar-refractivity contribution is 7.15. The molecule has 0 radical (unpaired) electrons. The summed E-state index contributed by atoms with van der Waals surface area (Å²) < 4.78 is 10.6.